The smallest absolute Gasteiger partial charge is 0.295 e. The maximum atomic E-state index is 12.8. The summed E-state index contributed by atoms with van der Waals surface area (Å²) in [4.78, 5) is 41.4. The van der Waals surface area contributed by atoms with Crippen LogP contribution in [-0.2, 0) is 25.3 Å². The molecule has 0 aliphatic rings. The second-order valence-electron chi connectivity index (χ2n) is 6.39. The third-order valence-electron chi connectivity index (χ3n) is 4.61. The van der Waals surface area contributed by atoms with Crippen LogP contribution in [0.15, 0.2) is 46.2 Å². The molecule has 0 unspecified atom stereocenters. The molecule has 2 heterocycles. The van der Waals surface area contributed by atoms with Gasteiger partial charge in [0.15, 0.2) is 0 Å². The lowest BCUT2D eigenvalue weighted by atomic mass is 10.2. The summed E-state index contributed by atoms with van der Waals surface area (Å²) in [5.41, 5.74) is 1.85. The number of rotatable bonds is 4. The van der Waals surface area contributed by atoms with Crippen LogP contribution in [0.25, 0.3) is 5.69 Å². The maximum Gasteiger partial charge on any atom is 0.295 e. The van der Waals surface area contributed by atoms with Crippen LogP contribution in [-0.4, -0.2) is 24.8 Å². The van der Waals surface area contributed by atoms with Gasteiger partial charge in [0.25, 0.3) is 11.1 Å². The van der Waals surface area contributed by atoms with Crippen molar-refractivity contribution in [1.29, 1.82) is 0 Å². The molecule has 2 aromatic heterocycles. The lowest BCUT2D eigenvalue weighted by molar-refractivity contribution is -0.115. The summed E-state index contributed by atoms with van der Waals surface area (Å²) < 4.78 is 4.54. The molecule has 0 aliphatic carbocycles. The van der Waals surface area contributed by atoms with E-state index in [2.05, 4.69) is 10.3 Å². The Balaban J connectivity index is 1.91. The van der Waals surface area contributed by atoms with Gasteiger partial charge in [0.1, 0.15) is 5.69 Å². The van der Waals surface area contributed by atoms with Crippen LogP contribution in [0.4, 0.5) is 5.69 Å². The standard InChI is InChI=1S/C19H21N5O3/c1-12-15(20-11-22(3)18(12)26)10-16(25)21-17-13(2)23(4)24(19(17)27)14-8-6-5-7-9-14/h5-9,11H,10H2,1-4H3,(H,21,25). The number of hydrogen-bond acceptors (Lipinski definition) is 4. The number of aryl methyl sites for hydroxylation is 1. The molecule has 0 radical (unpaired) electrons. The number of aromatic nitrogens is 4. The molecule has 1 aromatic carbocycles. The number of benzene rings is 1. The maximum absolute atomic E-state index is 12.8. The first-order chi connectivity index (χ1) is 12.8. The quantitative estimate of drug-likeness (QED) is 0.747. The number of carbonyl (C=O) groups excluding carboxylic acids is 1. The van der Waals surface area contributed by atoms with Crippen LogP contribution in [0.1, 0.15) is 17.0 Å². The predicted octanol–water partition coefficient (Wildman–Crippen LogP) is 1.07. The summed E-state index contributed by atoms with van der Waals surface area (Å²) in [6, 6.07) is 9.19. The highest BCUT2D eigenvalue weighted by molar-refractivity contribution is 5.92. The Morgan fingerprint density at radius 3 is 2.41 bits per heavy atom. The first-order valence-electron chi connectivity index (χ1n) is 8.46. The summed E-state index contributed by atoms with van der Waals surface area (Å²) in [6.45, 7) is 3.40. The molecule has 3 aromatic rings. The fraction of sp³-hybridized carbons (Fsp3) is 0.263. The second-order valence-corrected chi connectivity index (χ2v) is 6.39. The van der Waals surface area contributed by atoms with Gasteiger partial charge in [0, 0.05) is 19.7 Å². The number of anilines is 1. The zero-order valence-electron chi connectivity index (χ0n) is 15.7. The van der Waals surface area contributed by atoms with E-state index in [1.807, 2.05) is 30.3 Å². The number of nitrogens with zero attached hydrogens (tertiary/aromatic N) is 4. The topological polar surface area (TPSA) is 90.9 Å². The second kappa shape index (κ2) is 7.06. The molecule has 0 spiro atoms. The van der Waals surface area contributed by atoms with E-state index in [9.17, 15) is 14.4 Å². The minimum absolute atomic E-state index is 0.0823. The van der Waals surface area contributed by atoms with Crippen molar-refractivity contribution in [1.82, 2.24) is 18.9 Å². The average molecular weight is 367 g/mol. The van der Waals surface area contributed by atoms with Gasteiger partial charge >= 0.3 is 0 Å². The van der Waals surface area contributed by atoms with Crippen molar-refractivity contribution in [3.8, 4) is 5.69 Å². The van der Waals surface area contributed by atoms with Crippen molar-refractivity contribution < 1.29 is 4.79 Å². The summed E-state index contributed by atoms with van der Waals surface area (Å²) in [5.74, 6) is -0.398. The van der Waals surface area contributed by atoms with Crippen molar-refractivity contribution in [3.63, 3.8) is 0 Å². The third kappa shape index (κ3) is 3.33. The largest absolute Gasteiger partial charge is 0.320 e. The minimum atomic E-state index is -0.398. The summed E-state index contributed by atoms with van der Waals surface area (Å²) >= 11 is 0. The Labute approximate surface area is 155 Å². The molecule has 0 saturated heterocycles. The fourth-order valence-electron chi connectivity index (χ4n) is 2.92. The Morgan fingerprint density at radius 2 is 1.74 bits per heavy atom. The van der Waals surface area contributed by atoms with E-state index < -0.39 is 5.91 Å². The zero-order chi connectivity index (χ0) is 19.7. The number of hydrogen-bond donors (Lipinski definition) is 1. The van der Waals surface area contributed by atoms with E-state index in [1.165, 1.54) is 15.6 Å². The molecular formula is C19H21N5O3. The molecule has 27 heavy (non-hydrogen) atoms. The molecule has 1 N–H and O–H groups in total. The van der Waals surface area contributed by atoms with Crippen molar-refractivity contribution in [2.45, 2.75) is 20.3 Å². The van der Waals surface area contributed by atoms with Gasteiger partial charge in [-0.2, -0.15) is 0 Å². The molecule has 0 atom stereocenters. The van der Waals surface area contributed by atoms with Gasteiger partial charge < -0.3 is 9.88 Å². The average Bonchev–Trinajstić information content (AvgIpc) is 2.86. The number of para-hydroxylation sites is 1. The lowest BCUT2D eigenvalue weighted by Crippen LogP contribution is -2.26. The molecule has 0 bridgehead atoms. The van der Waals surface area contributed by atoms with Gasteiger partial charge in [-0.05, 0) is 26.0 Å². The molecule has 140 valence electrons. The molecule has 0 aliphatic heterocycles. The van der Waals surface area contributed by atoms with Crippen molar-refractivity contribution in [3.05, 3.63) is 74.3 Å². The fourth-order valence-corrected chi connectivity index (χ4v) is 2.92. The highest BCUT2D eigenvalue weighted by Gasteiger charge is 2.19. The Hall–Kier alpha value is -3.42. The molecule has 0 saturated carbocycles. The lowest BCUT2D eigenvalue weighted by Gasteiger charge is -2.07. The van der Waals surface area contributed by atoms with Crippen molar-refractivity contribution in [2.24, 2.45) is 14.1 Å². The van der Waals surface area contributed by atoms with Crippen LogP contribution < -0.4 is 16.4 Å². The minimum Gasteiger partial charge on any atom is -0.320 e. The van der Waals surface area contributed by atoms with Crippen LogP contribution >= 0.6 is 0 Å². The van der Waals surface area contributed by atoms with E-state index in [4.69, 9.17) is 0 Å². The highest BCUT2D eigenvalue weighted by Crippen LogP contribution is 2.14. The molecule has 3 rings (SSSR count). The van der Waals surface area contributed by atoms with Gasteiger partial charge in [0.05, 0.1) is 29.8 Å². The van der Waals surface area contributed by atoms with Gasteiger partial charge in [0.2, 0.25) is 5.91 Å². The number of nitrogens with one attached hydrogen (secondary N) is 1. The van der Waals surface area contributed by atoms with Crippen LogP contribution in [0, 0.1) is 13.8 Å². The monoisotopic (exact) mass is 367 g/mol. The van der Waals surface area contributed by atoms with Crippen LogP contribution in [0.5, 0.6) is 0 Å². The normalized spacial score (nSPS) is 10.8. The third-order valence-corrected chi connectivity index (χ3v) is 4.61. The molecule has 8 heteroatoms. The van der Waals surface area contributed by atoms with Crippen LogP contribution in [0.3, 0.4) is 0 Å². The van der Waals surface area contributed by atoms with E-state index in [0.717, 1.165) is 0 Å². The first kappa shape index (κ1) is 18.4. The van der Waals surface area contributed by atoms with Crippen LogP contribution in [0.2, 0.25) is 0 Å². The predicted molar refractivity (Wildman–Crippen MR) is 102 cm³/mol. The first-order valence-corrected chi connectivity index (χ1v) is 8.46. The van der Waals surface area contributed by atoms with Crippen molar-refractivity contribution >= 4 is 11.6 Å². The Bertz CT molecular complexity index is 1120. The molecular weight excluding hydrogens is 346 g/mol. The summed E-state index contributed by atoms with van der Waals surface area (Å²) in [5, 5.41) is 2.68. The molecule has 1 amide bonds. The SMILES string of the molecule is Cc1c(CC(=O)Nc2c(C)n(C)n(-c3ccccc3)c2=O)ncn(C)c1=O. The number of amides is 1. The Kier molecular flexibility index (Phi) is 4.81. The van der Waals surface area contributed by atoms with E-state index in [-0.39, 0.29) is 23.2 Å². The van der Waals surface area contributed by atoms with Crippen molar-refractivity contribution in [2.75, 3.05) is 5.32 Å². The summed E-state index contributed by atoms with van der Waals surface area (Å²) in [6.07, 6.45) is 1.30. The van der Waals surface area contributed by atoms with Gasteiger partial charge in [-0.3, -0.25) is 19.1 Å². The van der Waals surface area contributed by atoms with E-state index in [0.29, 0.717) is 22.6 Å². The van der Waals surface area contributed by atoms with E-state index in [1.54, 1.807) is 32.6 Å². The highest BCUT2D eigenvalue weighted by atomic mass is 16.2. The zero-order valence-corrected chi connectivity index (χ0v) is 15.7. The Morgan fingerprint density at radius 1 is 1.07 bits per heavy atom. The van der Waals surface area contributed by atoms with Gasteiger partial charge in [-0.1, -0.05) is 18.2 Å². The molecule has 0 fully saturated rings. The van der Waals surface area contributed by atoms with Gasteiger partial charge in [-0.25, -0.2) is 9.67 Å². The summed E-state index contributed by atoms with van der Waals surface area (Å²) in [7, 11) is 3.36. The van der Waals surface area contributed by atoms with E-state index >= 15 is 0 Å². The van der Waals surface area contributed by atoms with Gasteiger partial charge in [-0.15, -0.1) is 0 Å². The molecule has 8 nitrogen and oxygen atoms in total. The number of carbonyl (C=O) groups is 1.